The molecule has 0 amide bonds. The second-order valence-corrected chi connectivity index (χ2v) is 9.49. The minimum atomic E-state index is 0.744. The highest BCUT2D eigenvalue weighted by molar-refractivity contribution is 5.84. The summed E-state index contributed by atoms with van der Waals surface area (Å²) in [5.74, 6) is 2.54. The molecule has 0 radical (unpaired) electrons. The summed E-state index contributed by atoms with van der Waals surface area (Å²) in [5, 5.41) is 1.14. The van der Waals surface area contributed by atoms with Crippen LogP contribution in [0.2, 0.25) is 0 Å². The number of nitrogens with zero attached hydrogens (tertiary/aromatic N) is 1. The van der Waals surface area contributed by atoms with E-state index in [4.69, 9.17) is 14.2 Å². The maximum absolute atomic E-state index is 6.04. The molecule has 4 nitrogen and oxygen atoms in total. The maximum atomic E-state index is 6.04. The molecule has 0 saturated carbocycles. The lowest BCUT2D eigenvalue weighted by Gasteiger charge is -2.12. The van der Waals surface area contributed by atoms with E-state index in [1.54, 1.807) is 7.11 Å². The second kappa shape index (κ2) is 15.9. The summed E-state index contributed by atoms with van der Waals surface area (Å²) >= 11 is 0. The molecule has 1 heterocycles. The van der Waals surface area contributed by atoms with Crippen LogP contribution in [0.3, 0.4) is 0 Å². The van der Waals surface area contributed by atoms with Crippen LogP contribution in [0.5, 0.6) is 17.2 Å². The zero-order valence-corrected chi connectivity index (χ0v) is 22.3. The summed E-state index contributed by atoms with van der Waals surface area (Å²) < 4.78 is 17.4. The van der Waals surface area contributed by atoms with E-state index in [-0.39, 0.29) is 0 Å². The van der Waals surface area contributed by atoms with Crippen LogP contribution >= 0.6 is 0 Å². The predicted octanol–water partition coefficient (Wildman–Crippen LogP) is 8.64. The third-order valence-corrected chi connectivity index (χ3v) is 6.48. The van der Waals surface area contributed by atoms with Crippen LogP contribution in [-0.2, 0) is 6.42 Å². The van der Waals surface area contributed by atoms with E-state index in [2.05, 4.69) is 29.8 Å². The van der Waals surface area contributed by atoms with Crippen LogP contribution in [0.25, 0.3) is 10.9 Å². The highest BCUT2D eigenvalue weighted by Crippen LogP contribution is 2.29. The van der Waals surface area contributed by atoms with Crippen LogP contribution in [0.1, 0.15) is 75.5 Å². The summed E-state index contributed by atoms with van der Waals surface area (Å²) in [5.41, 5.74) is 3.19. The van der Waals surface area contributed by atoms with Crippen LogP contribution in [0.15, 0.2) is 61.2 Å². The van der Waals surface area contributed by atoms with Crippen molar-refractivity contribution in [1.82, 2.24) is 4.98 Å². The molecule has 0 unspecified atom stereocenters. The molecule has 0 N–H and O–H groups in total. The molecule has 1 aromatic heterocycles. The topological polar surface area (TPSA) is 40.6 Å². The smallest absolute Gasteiger partial charge is 0.161 e. The molecule has 0 fully saturated rings. The van der Waals surface area contributed by atoms with E-state index >= 15 is 0 Å². The van der Waals surface area contributed by atoms with Crippen LogP contribution in [0, 0.1) is 6.92 Å². The Morgan fingerprint density at radius 3 is 2.00 bits per heavy atom. The molecular weight excluding hydrogens is 446 g/mol. The summed E-state index contributed by atoms with van der Waals surface area (Å²) in [4.78, 5) is 4.65. The Hall–Kier alpha value is -3.01. The standard InChI is InChI=1S/C32H43NO3/c1-4-16-27-20-22-29(31(25-27)34-3)35-23-13-11-9-7-5-6-8-10-12-14-24-36-30-18-15-17-28-21-19-26(2)33-32(28)30/h4,15,17-22,25H,1,5-14,16,23-24H2,2-3H3. The van der Waals surface area contributed by atoms with Gasteiger partial charge in [-0.3, -0.25) is 0 Å². The molecule has 0 aliphatic heterocycles. The molecule has 0 saturated heterocycles. The Labute approximate surface area is 217 Å². The van der Waals surface area contributed by atoms with Crippen molar-refractivity contribution in [2.45, 2.75) is 77.6 Å². The monoisotopic (exact) mass is 489 g/mol. The summed E-state index contributed by atoms with van der Waals surface area (Å²) in [6, 6.07) is 16.4. The van der Waals surface area contributed by atoms with Crippen molar-refractivity contribution in [3.8, 4) is 17.2 Å². The SMILES string of the molecule is C=CCc1ccc(OCCCCCCCCCCCCOc2cccc3ccc(C)nc23)c(OC)c1. The quantitative estimate of drug-likeness (QED) is 0.132. The molecule has 0 spiro atoms. The number of hydrogen-bond donors (Lipinski definition) is 0. The summed E-state index contributed by atoms with van der Waals surface area (Å²) in [7, 11) is 1.69. The molecule has 0 aliphatic carbocycles. The Kier molecular flexibility index (Phi) is 12.2. The fraction of sp³-hybridized carbons (Fsp3) is 0.469. The molecular formula is C32H43NO3. The van der Waals surface area contributed by atoms with E-state index in [9.17, 15) is 0 Å². The number of hydrogen-bond acceptors (Lipinski definition) is 4. The van der Waals surface area contributed by atoms with Gasteiger partial charge in [0.1, 0.15) is 11.3 Å². The van der Waals surface area contributed by atoms with Crippen molar-refractivity contribution in [2.24, 2.45) is 0 Å². The molecule has 3 aromatic rings. The van der Waals surface area contributed by atoms with E-state index in [1.807, 2.05) is 43.3 Å². The molecule has 4 heteroatoms. The first kappa shape index (κ1) is 27.6. The van der Waals surface area contributed by atoms with Crippen LogP contribution < -0.4 is 14.2 Å². The van der Waals surface area contributed by atoms with E-state index in [1.165, 1.54) is 56.9 Å². The Balaban J connectivity index is 1.16. The molecule has 36 heavy (non-hydrogen) atoms. The first-order valence-electron chi connectivity index (χ1n) is 13.6. The molecule has 0 bridgehead atoms. The highest BCUT2D eigenvalue weighted by atomic mass is 16.5. The van der Waals surface area contributed by atoms with Crippen molar-refractivity contribution in [1.29, 1.82) is 0 Å². The number of fused-ring (bicyclic) bond motifs is 1. The first-order valence-corrected chi connectivity index (χ1v) is 13.6. The minimum Gasteiger partial charge on any atom is -0.493 e. The van der Waals surface area contributed by atoms with Gasteiger partial charge >= 0.3 is 0 Å². The number of aryl methyl sites for hydroxylation is 1. The van der Waals surface area contributed by atoms with Gasteiger partial charge in [0.2, 0.25) is 0 Å². The lowest BCUT2D eigenvalue weighted by Crippen LogP contribution is -2.00. The molecule has 3 rings (SSSR count). The summed E-state index contributed by atoms with van der Waals surface area (Å²) in [6.45, 7) is 7.32. The van der Waals surface area contributed by atoms with Gasteiger partial charge in [0.25, 0.3) is 0 Å². The van der Waals surface area contributed by atoms with Crippen molar-refractivity contribution in [3.05, 3.63) is 72.4 Å². The fourth-order valence-electron chi connectivity index (χ4n) is 4.44. The van der Waals surface area contributed by atoms with Gasteiger partial charge in [0, 0.05) is 11.1 Å². The van der Waals surface area contributed by atoms with E-state index < -0.39 is 0 Å². The van der Waals surface area contributed by atoms with Crippen molar-refractivity contribution >= 4 is 10.9 Å². The normalized spacial score (nSPS) is 10.9. The lowest BCUT2D eigenvalue weighted by atomic mass is 10.1. The maximum Gasteiger partial charge on any atom is 0.161 e. The van der Waals surface area contributed by atoms with Gasteiger partial charge < -0.3 is 14.2 Å². The average Bonchev–Trinajstić information content (AvgIpc) is 2.89. The lowest BCUT2D eigenvalue weighted by molar-refractivity contribution is 0.284. The number of allylic oxidation sites excluding steroid dienone is 1. The van der Waals surface area contributed by atoms with Crippen molar-refractivity contribution in [3.63, 3.8) is 0 Å². The van der Waals surface area contributed by atoms with E-state index in [0.717, 1.165) is 66.3 Å². The predicted molar refractivity (Wildman–Crippen MR) is 151 cm³/mol. The van der Waals surface area contributed by atoms with Gasteiger partial charge in [0.05, 0.1) is 20.3 Å². The number of unbranched alkanes of at least 4 members (excludes halogenated alkanes) is 9. The van der Waals surface area contributed by atoms with Crippen LogP contribution in [0.4, 0.5) is 0 Å². The Morgan fingerprint density at radius 1 is 0.722 bits per heavy atom. The number of pyridine rings is 1. The zero-order chi connectivity index (χ0) is 25.4. The van der Waals surface area contributed by atoms with Gasteiger partial charge in [0.15, 0.2) is 11.5 Å². The average molecular weight is 490 g/mol. The number of benzene rings is 2. The van der Waals surface area contributed by atoms with Gasteiger partial charge in [-0.2, -0.15) is 0 Å². The third-order valence-electron chi connectivity index (χ3n) is 6.48. The molecule has 2 aromatic carbocycles. The third kappa shape index (κ3) is 9.22. The Morgan fingerprint density at radius 2 is 1.36 bits per heavy atom. The number of methoxy groups -OCH3 is 1. The largest absolute Gasteiger partial charge is 0.493 e. The van der Waals surface area contributed by atoms with E-state index in [0.29, 0.717) is 0 Å². The number of aromatic nitrogens is 1. The second-order valence-electron chi connectivity index (χ2n) is 9.49. The number of rotatable bonds is 18. The fourth-order valence-corrected chi connectivity index (χ4v) is 4.44. The van der Waals surface area contributed by atoms with Gasteiger partial charge in [-0.15, -0.1) is 6.58 Å². The van der Waals surface area contributed by atoms with Crippen molar-refractivity contribution < 1.29 is 14.2 Å². The first-order chi connectivity index (χ1) is 17.7. The van der Waals surface area contributed by atoms with Gasteiger partial charge in [-0.1, -0.05) is 81.7 Å². The summed E-state index contributed by atoms with van der Waals surface area (Å²) in [6.07, 6.45) is 15.2. The molecule has 0 aliphatic rings. The number of para-hydroxylation sites is 1. The molecule has 0 atom stereocenters. The number of ether oxygens (including phenoxy) is 3. The van der Waals surface area contributed by atoms with Gasteiger partial charge in [-0.05, 0) is 56.0 Å². The molecule has 194 valence electrons. The Bertz CT molecular complexity index is 1060. The zero-order valence-electron chi connectivity index (χ0n) is 22.3. The minimum absolute atomic E-state index is 0.744. The highest BCUT2D eigenvalue weighted by Gasteiger charge is 2.06. The van der Waals surface area contributed by atoms with Crippen molar-refractivity contribution in [2.75, 3.05) is 20.3 Å². The van der Waals surface area contributed by atoms with Gasteiger partial charge in [-0.25, -0.2) is 4.98 Å². The van der Waals surface area contributed by atoms with Crippen LogP contribution in [-0.4, -0.2) is 25.3 Å².